The predicted octanol–water partition coefficient (Wildman–Crippen LogP) is 3.81. The lowest BCUT2D eigenvalue weighted by atomic mass is 9.97. The minimum Gasteiger partial charge on any atom is -0.388 e. The quantitative estimate of drug-likeness (QED) is 0.928. The highest BCUT2D eigenvalue weighted by Gasteiger charge is 2.29. The van der Waals surface area contributed by atoms with Crippen molar-refractivity contribution in [3.05, 3.63) is 47.6 Å². The summed E-state index contributed by atoms with van der Waals surface area (Å²) in [6.45, 7) is 4.19. The lowest BCUT2D eigenvalue weighted by molar-refractivity contribution is 0.135. The summed E-state index contributed by atoms with van der Waals surface area (Å²) in [7, 11) is 0. The number of aromatic nitrogens is 2. The second-order valence-corrected chi connectivity index (χ2v) is 6.25. The molecule has 0 amide bonds. The molecule has 0 bridgehead atoms. The maximum atomic E-state index is 10.4. The molecule has 1 heterocycles. The van der Waals surface area contributed by atoms with Gasteiger partial charge in [0.1, 0.15) is 0 Å². The summed E-state index contributed by atoms with van der Waals surface area (Å²) in [4.78, 5) is 4.54. The molecule has 1 aliphatic carbocycles. The van der Waals surface area contributed by atoms with Crippen LogP contribution in [0.15, 0.2) is 34.9 Å². The van der Waals surface area contributed by atoms with Gasteiger partial charge in [-0.2, -0.15) is 4.98 Å². The van der Waals surface area contributed by atoms with Crippen LogP contribution in [0.4, 0.5) is 0 Å². The highest BCUT2D eigenvalue weighted by atomic mass is 16.5. The van der Waals surface area contributed by atoms with Gasteiger partial charge < -0.3 is 9.63 Å². The Labute approximate surface area is 125 Å². The molecule has 1 saturated carbocycles. The first-order valence-electron chi connectivity index (χ1n) is 7.71. The van der Waals surface area contributed by atoms with Crippen molar-refractivity contribution in [2.45, 2.75) is 51.0 Å². The fourth-order valence-electron chi connectivity index (χ4n) is 3.11. The number of aliphatic hydroxyl groups is 1. The molecule has 112 valence electrons. The zero-order valence-electron chi connectivity index (χ0n) is 12.6. The summed E-state index contributed by atoms with van der Waals surface area (Å²) in [5, 5.41) is 14.6. The summed E-state index contributed by atoms with van der Waals surface area (Å²) in [6.07, 6.45) is 2.88. The maximum Gasteiger partial charge on any atom is 0.232 e. The average Bonchev–Trinajstić information content (AvgIpc) is 3.15. The van der Waals surface area contributed by atoms with E-state index in [4.69, 9.17) is 4.52 Å². The van der Waals surface area contributed by atoms with Gasteiger partial charge in [-0.25, -0.2) is 0 Å². The molecule has 1 N–H and O–H groups in total. The normalized spacial score (nSPS) is 24.9. The van der Waals surface area contributed by atoms with Gasteiger partial charge in [-0.05, 0) is 30.7 Å². The molecule has 1 aromatic heterocycles. The first kappa shape index (κ1) is 14.3. The topological polar surface area (TPSA) is 59.2 Å². The van der Waals surface area contributed by atoms with Crippen LogP contribution in [0.5, 0.6) is 0 Å². The molecule has 4 unspecified atom stereocenters. The van der Waals surface area contributed by atoms with Gasteiger partial charge in [0.05, 0.1) is 12.0 Å². The number of nitrogens with zero attached hydrogens (tertiary/aromatic N) is 2. The van der Waals surface area contributed by atoms with Crippen LogP contribution in [0.25, 0.3) is 0 Å². The van der Waals surface area contributed by atoms with Crippen LogP contribution in [0.3, 0.4) is 0 Å². The first-order chi connectivity index (χ1) is 10.1. The molecule has 21 heavy (non-hydrogen) atoms. The van der Waals surface area contributed by atoms with Crippen molar-refractivity contribution in [2.75, 3.05) is 0 Å². The van der Waals surface area contributed by atoms with E-state index in [-0.39, 0.29) is 5.92 Å². The smallest absolute Gasteiger partial charge is 0.232 e. The maximum absolute atomic E-state index is 10.4. The van der Waals surface area contributed by atoms with Crippen molar-refractivity contribution in [3.8, 4) is 0 Å². The van der Waals surface area contributed by atoms with Crippen LogP contribution in [0.2, 0.25) is 0 Å². The van der Waals surface area contributed by atoms with E-state index in [1.165, 1.54) is 6.42 Å². The van der Waals surface area contributed by atoms with Crippen molar-refractivity contribution in [1.82, 2.24) is 10.1 Å². The minimum absolute atomic E-state index is 0.201. The van der Waals surface area contributed by atoms with Gasteiger partial charge in [0, 0.05) is 5.92 Å². The molecule has 2 aromatic rings. The number of benzene rings is 1. The van der Waals surface area contributed by atoms with Crippen LogP contribution in [-0.4, -0.2) is 15.2 Å². The Hall–Kier alpha value is -1.68. The molecular weight excluding hydrogens is 264 g/mol. The molecule has 0 radical (unpaired) electrons. The number of aliphatic hydroxyl groups excluding tert-OH is 1. The zero-order valence-corrected chi connectivity index (χ0v) is 12.6. The second-order valence-electron chi connectivity index (χ2n) is 6.25. The van der Waals surface area contributed by atoms with Crippen molar-refractivity contribution in [3.63, 3.8) is 0 Å². The highest BCUT2D eigenvalue weighted by Crippen LogP contribution is 2.37. The van der Waals surface area contributed by atoms with E-state index in [0.29, 0.717) is 11.8 Å². The Morgan fingerprint density at radius 2 is 2.00 bits per heavy atom. The molecule has 1 aromatic carbocycles. The third-order valence-electron chi connectivity index (χ3n) is 4.52. The van der Waals surface area contributed by atoms with Crippen molar-refractivity contribution >= 4 is 0 Å². The van der Waals surface area contributed by atoms with Gasteiger partial charge in [0.15, 0.2) is 5.82 Å². The largest absolute Gasteiger partial charge is 0.388 e. The third-order valence-corrected chi connectivity index (χ3v) is 4.52. The van der Waals surface area contributed by atoms with Crippen molar-refractivity contribution in [2.24, 2.45) is 5.92 Å². The minimum atomic E-state index is -0.623. The average molecular weight is 286 g/mol. The lowest BCUT2D eigenvalue weighted by Gasteiger charge is -2.15. The second kappa shape index (κ2) is 5.98. The SMILES string of the molecule is CC1CCC(c2noc(C(C)C(O)c3ccccc3)n2)C1. The molecule has 4 heteroatoms. The summed E-state index contributed by atoms with van der Waals surface area (Å²) >= 11 is 0. The predicted molar refractivity (Wildman–Crippen MR) is 79.9 cm³/mol. The summed E-state index contributed by atoms with van der Waals surface area (Å²) in [5.41, 5.74) is 0.874. The van der Waals surface area contributed by atoms with E-state index in [1.807, 2.05) is 37.3 Å². The van der Waals surface area contributed by atoms with Gasteiger partial charge in [0.2, 0.25) is 5.89 Å². The molecule has 4 nitrogen and oxygen atoms in total. The van der Waals surface area contributed by atoms with Crippen molar-refractivity contribution in [1.29, 1.82) is 0 Å². The fraction of sp³-hybridized carbons (Fsp3) is 0.529. The molecular formula is C17H22N2O2. The lowest BCUT2D eigenvalue weighted by Crippen LogP contribution is -2.08. The molecule has 1 aliphatic rings. The summed E-state index contributed by atoms with van der Waals surface area (Å²) in [5.74, 6) is 2.29. The number of hydrogen-bond acceptors (Lipinski definition) is 4. The first-order valence-corrected chi connectivity index (χ1v) is 7.71. The van der Waals surface area contributed by atoms with Crippen LogP contribution < -0.4 is 0 Å². The molecule has 0 spiro atoms. The van der Waals surface area contributed by atoms with Crippen LogP contribution in [-0.2, 0) is 0 Å². The Morgan fingerprint density at radius 3 is 2.67 bits per heavy atom. The van der Waals surface area contributed by atoms with E-state index < -0.39 is 6.10 Å². The number of rotatable bonds is 4. The Kier molecular flexibility index (Phi) is 4.06. The van der Waals surface area contributed by atoms with Crippen LogP contribution in [0.1, 0.15) is 68.3 Å². The van der Waals surface area contributed by atoms with Crippen LogP contribution in [0, 0.1) is 5.92 Å². The third kappa shape index (κ3) is 3.00. The molecule has 0 aliphatic heterocycles. The van der Waals surface area contributed by atoms with E-state index in [0.717, 1.165) is 30.1 Å². The van der Waals surface area contributed by atoms with E-state index in [2.05, 4.69) is 17.1 Å². The molecule has 1 fully saturated rings. The van der Waals surface area contributed by atoms with Crippen LogP contribution >= 0.6 is 0 Å². The van der Waals surface area contributed by atoms with Gasteiger partial charge in [0.25, 0.3) is 0 Å². The summed E-state index contributed by atoms with van der Waals surface area (Å²) in [6, 6.07) is 9.61. The molecule has 3 rings (SSSR count). The standard InChI is InChI=1S/C17H22N2O2/c1-11-8-9-14(10-11)16-18-17(21-19-16)12(2)15(20)13-6-4-3-5-7-13/h3-7,11-12,14-15,20H,8-10H2,1-2H3. The van der Waals surface area contributed by atoms with E-state index in [9.17, 15) is 5.11 Å². The van der Waals surface area contributed by atoms with E-state index >= 15 is 0 Å². The monoisotopic (exact) mass is 286 g/mol. The fourth-order valence-corrected chi connectivity index (χ4v) is 3.11. The Morgan fingerprint density at radius 1 is 1.24 bits per heavy atom. The summed E-state index contributed by atoms with van der Waals surface area (Å²) < 4.78 is 5.40. The van der Waals surface area contributed by atoms with E-state index in [1.54, 1.807) is 0 Å². The number of hydrogen-bond donors (Lipinski definition) is 1. The van der Waals surface area contributed by atoms with Gasteiger partial charge in [-0.15, -0.1) is 0 Å². The van der Waals surface area contributed by atoms with Gasteiger partial charge in [-0.1, -0.05) is 49.3 Å². The van der Waals surface area contributed by atoms with Gasteiger partial charge >= 0.3 is 0 Å². The molecule has 4 atom stereocenters. The van der Waals surface area contributed by atoms with Gasteiger partial charge in [-0.3, -0.25) is 0 Å². The molecule has 0 saturated heterocycles. The Balaban J connectivity index is 1.73. The zero-order chi connectivity index (χ0) is 14.8. The Bertz CT molecular complexity index is 581. The van der Waals surface area contributed by atoms with Crippen molar-refractivity contribution < 1.29 is 9.63 Å². The highest BCUT2D eigenvalue weighted by molar-refractivity contribution is 5.20.